The lowest BCUT2D eigenvalue weighted by atomic mass is 10.1. The molecule has 0 radical (unpaired) electrons. The van der Waals surface area contributed by atoms with Crippen LogP contribution in [0.25, 0.3) is 0 Å². The lowest BCUT2D eigenvalue weighted by molar-refractivity contribution is -0.0817. The normalized spacial score (nSPS) is 25.3. The van der Waals surface area contributed by atoms with Gasteiger partial charge in [-0.15, -0.1) is 35.3 Å². The van der Waals surface area contributed by atoms with E-state index in [0.29, 0.717) is 0 Å². The van der Waals surface area contributed by atoms with E-state index < -0.39 is 0 Å². The molecule has 2 aliphatic heterocycles. The zero-order valence-electron chi connectivity index (χ0n) is 13.6. The number of hydrogen-bond donors (Lipinski definition) is 1. The van der Waals surface area contributed by atoms with Crippen molar-refractivity contribution in [1.82, 2.24) is 10.2 Å². The van der Waals surface area contributed by atoms with Crippen molar-refractivity contribution in [2.45, 2.75) is 38.5 Å². The maximum Gasteiger partial charge on any atom is 0.194 e. The molecule has 2 fully saturated rings. The lowest BCUT2D eigenvalue weighted by Crippen LogP contribution is -2.53. The molecule has 2 atom stereocenters. The number of aliphatic imine (C=N–C) groups is 1. The van der Waals surface area contributed by atoms with Gasteiger partial charge in [0.1, 0.15) is 6.10 Å². The molecule has 7 heteroatoms. The van der Waals surface area contributed by atoms with Gasteiger partial charge in [0.25, 0.3) is 0 Å². The quantitative estimate of drug-likeness (QED) is 0.435. The first-order valence-corrected chi connectivity index (χ1v) is 9.03. The molecular formula is C16H26IN3O2S. The Kier molecular flexibility index (Phi) is 8.08. The van der Waals surface area contributed by atoms with Gasteiger partial charge in [0, 0.05) is 31.1 Å². The van der Waals surface area contributed by atoms with E-state index in [9.17, 15) is 0 Å². The van der Waals surface area contributed by atoms with Gasteiger partial charge in [-0.25, -0.2) is 4.99 Å². The molecule has 1 aromatic rings. The Morgan fingerprint density at radius 1 is 1.39 bits per heavy atom. The fourth-order valence-electron chi connectivity index (χ4n) is 2.97. The molecule has 23 heavy (non-hydrogen) atoms. The Morgan fingerprint density at radius 2 is 2.26 bits per heavy atom. The average molecular weight is 451 g/mol. The molecule has 0 amide bonds. The highest BCUT2D eigenvalue weighted by Crippen LogP contribution is 2.21. The van der Waals surface area contributed by atoms with Gasteiger partial charge in [-0.2, -0.15) is 0 Å². The minimum Gasteiger partial charge on any atom is -0.375 e. The maximum atomic E-state index is 5.92. The average Bonchev–Trinajstić information content (AvgIpc) is 3.24. The van der Waals surface area contributed by atoms with E-state index in [1.807, 2.05) is 0 Å². The largest absolute Gasteiger partial charge is 0.375 e. The number of hydrogen-bond acceptors (Lipinski definition) is 4. The van der Waals surface area contributed by atoms with Crippen LogP contribution in [0.3, 0.4) is 0 Å². The standard InChI is InChI=1S/C16H25N3O2S.HI/c1-2-17-16(18-11-13-5-4-10-22-13)19-7-9-21-15(12-19)14-6-3-8-20-14;/h4-5,10,14-15H,2-3,6-9,11-12H2,1H3,(H,17,18);1H. The van der Waals surface area contributed by atoms with Gasteiger partial charge in [0.05, 0.1) is 19.3 Å². The number of nitrogens with zero attached hydrogens (tertiary/aromatic N) is 2. The van der Waals surface area contributed by atoms with Gasteiger partial charge < -0.3 is 19.7 Å². The fraction of sp³-hybridized carbons (Fsp3) is 0.688. The zero-order valence-corrected chi connectivity index (χ0v) is 16.7. The molecule has 0 spiro atoms. The monoisotopic (exact) mass is 451 g/mol. The van der Waals surface area contributed by atoms with Crippen LogP contribution in [0, 0.1) is 0 Å². The molecular weight excluding hydrogens is 425 g/mol. The second-order valence-electron chi connectivity index (χ2n) is 5.66. The van der Waals surface area contributed by atoms with Crippen LogP contribution >= 0.6 is 35.3 Å². The summed E-state index contributed by atoms with van der Waals surface area (Å²) < 4.78 is 11.7. The van der Waals surface area contributed by atoms with Crippen molar-refractivity contribution in [2.75, 3.05) is 32.8 Å². The van der Waals surface area contributed by atoms with Crippen LogP contribution < -0.4 is 5.32 Å². The number of ether oxygens (including phenoxy) is 2. The number of nitrogens with one attached hydrogen (secondary N) is 1. The molecule has 2 unspecified atom stereocenters. The van der Waals surface area contributed by atoms with Gasteiger partial charge in [0.15, 0.2) is 5.96 Å². The van der Waals surface area contributed by atoms with Crippen molar-refractivity contribution in [3.63, 3.8) is 0 Å². The Bertz CT molecular complexity index is 478. The first kappa shape index (κ1) is 19.0. The van der Waals surface area contributed by atoms with Crippen molar-refractivity contribution in [2.24, 2.45) is 4.99 Å². The first-order chi connectivity index (χ1) is 10.9. The molecule has 1 N–H and O–H groups in total. The van der Waals surface area contributed by atoms with Crippen LogP contribution in [0.4, 0.5) is 0 Å². The molecule has 130 valence electrons. The van der Waals surface area contributed by atoms with Crippen molar-refractivity contribution >= 4 is 41.3 Å². The van der Waals surface area contributed by atoms with Gasteiger partial charge >= 0.3 is 0 Å². The number of rotatable bonds is 4. The summed E-state index contributed by atoms with van der Waals surface area (Å²) in [6, 6.07) is 4.21. The number of thiophene rings is 1. The Labute approximate surface area is 159 Å². The van der Waals surface area contributed by atoms with Gasteiger partial charge in [-0.05, 0) is 31.2 Å². The summed E-state index contributed by atoms with van der Waals surface area (Å²) in [5.74, 6) is 0.988. The third-order valence-electron chi connectivity index (χ3n) is 4.07. The van der Waals surface area contributed by atoms with Crippen molar-refractivity contribution in [1.29, 1.82) is 0 Å². The van der Waals surface area contributed by atoms with Crippen molar-refractivity contribution in [3.8, 4) is 0 Å². The second-order valence-corrected chi connectivity index (χ2v) is 6.69. The summed E-state index contributed by atoms with van der Waals surface area (Å²) in [7, 11) is 0. The molecule has 5 nitrogen and oxygen atoms in total. The third-order valence-corrected chi connectivity index (χ3v) is 4.93. The molecule has 0 bridgehead atoms. The summed E-state index contributed by atoms with van der Waals surface area (Å²) in [6.45, 7) is 7.09. The predicted octanol–water partition coefficient (Wildman–Crippen LogP) is 2.71. The van der Waals surface area contributed by atoms with Crippen molar-refractivity contribution in [3.05, 3.63) is 22.4 Å². The molecule has 3 rings (SSSR count). The molecule has 0 aliphatic carbocycles. The van der Waals surface area contributed by atoms with Gasteiger partial charge in [-0.3, -0.25) is 0 Å². The van der Waals surface area contributed by atoms with Crippen LogP contribution in [0.2, 0.25) is 0 Å². The maximum absolute atomic E-state index is 5.92. The zero-order chi connectivity index (χ0) is 15.2. The van der Waals surface area contributed by atoms with E-state index in [4.69, 9.17) is 14.5 Å². The number of guanidine groups is 1. The van der Waals surface area contributed by atoms with Crippen LogP contribution in [-0.2, 0) is 16.0 Å². The van der Waals surface area contributed by atoms with E-state index >= 15 is 0 Å². The molecule has 0 saturated carbocycles. The summed E-state index contributed by atoms with van der Waals surface area (Å²) in [5, 5.41) is 5.51. The SMILES string of the molecule is CCNC(=NCc1cccs1)N1CCOC(C2CCCO2)C1.I. The first-order valence-electron chi connectivity index (χ1n) is 8.15. The molecule has 3 heterocycles. The van der Waals surface area contributed by atoms with Crippen molar-refractivity contribution < 1.29 is 9.47 Å². The van der Waals surface area contributed by atoms with Crippen LogP contribution in [0.15, 0.2) is 22.5 Å². The highest BCUT2D eigenvalue weighted by molar-refractivity contribution is 14.0. The highest BCUT2D eigenvalue weighted by atomic mass is 127. The highest BCUT2D eigenvalue weighted by Gasteiger charge is 2.32. The smallest absolute Gasteiger partial charge is 0.194 e. The van der Waals surface area contributed by atoms with Gasteiger partial charge in [-0.1, -0.05) is 6.07 Å². The summed E-state index contributed by atoms with van der Waals surface area (Å²) in [5.41, 5.74) is 0. The third kappa shape index (κ3) is 5.30. The Balaban J connectivity index is 0.00000192. The minimum absolute atomic E-state index is 0. The topological polar surface area (TPSA) is 46.1 Å². The lowest BCUT2D eigenvalue weighted by Gasteiger charge is -2.37. The van der Waals surface area contributed by atoms with Gasteiger partial charge in [0.2, 0.25) is 0 Å². The fourth-order valence-corrected chi connectivity index (χ4v) is 3.60. The van der Waals surface area contributed by atoms with E-state index in [0.717, 1.165) is 58.2 Å². The molecule has 1 aromatic heterocycles. The number of morpholine rings is 1. The number of halogens is 1. The summed E-state index contributed by atoms with van der Waals surface area (Å²) in [6.07, 6.45) is 2.68. The Hall–Kier alpha value is -0.380. The summed E-state index contributed by atoms with van der Waals surface area (Å²) >= 11 is 1.75. The van der Waals surface area contributed by atoms with E-state index in [1.165, 1.54) is 4.88 Å². The minimum atomic E-state index is 0. The van der Waals surface area contributed by atoms with E-state index in [1.54, 1.807) is 11.3 Å². The van der Waals surface area contributed by atoms with E-state index in [2.05, 4.69) is 34.7 Å². The van der Waals surface area contributed by atoms with Crippen LogP contribution in [0.5, 0.6) is 0 Å². The molecule has 2 saturated heterocycles. The van der Waals surface area contributed by atoms with E-state index in [-0.39, 0.29) is 36.2 Å². The summed E-state index contributed by atoms with van der Waals surface area (Å²) in [4.78, 5) is 8.39. The van der Waals surface area contributed by atoms with Crippen LogP contribution in [0.1, 0.15) is 24.6 Å². The molecule has 2 aliphatic rings. The second kappa shape index (κ2) is 9.80. The Morgan fingerprint density at radius 3 is 2.96 bits per heavy atom. The molecule has 0 aromatic carbocycles. The van der Waals surface area contributed by atoms with Crippen LogP contribution in [-0.4, -0.2) is 55.9 Å². The predicted molar refractivity (Wildman–Crippen MR) is 105 cm³/mol.